The van der Waals surface area contributed by atoms with E-state index in [0.717, 1.165) is 17.1 Å². The van der Waals surface area contributed by atoms with Gasteiger partial charge in [-0.1, -0.05) is 6.07 Å². The van der Waals surface area contributed by atoms with Crippen molar-refractivity contribution in [2.24, 2.45) is 0 Å². The van der Waals surface area contributed by atoms with Crippen molar-refractivity contribution >= 4 is 23.2 Å². The normalized spacial score (nSPS) is 9.95. The highest BCUT2D eigenvalue weighted by Gasteiger charge is 2.04. The summed E-state index contributed by atoms with van der Waals surface area (Å²) in [5.74, 6) is 0.535. The van der Waals surface area contributed by atoms with E-state index in [1.807, 2.05) is 62.3 Å². The number of aromatic nitrogens is 1. The van der Waals surface area contributed by atoms with Crippen LogP contribution in [0.5, 0.6) is 0 Å². The molecule has 1 heterocycles. The number of anilines is 3. The number of aryl methyl sites for hydroxylation is 1. The Kier molecular flexibility index (Phi) is 4.20. The molecular formula is C15H18N4O. The van der Waals surface area contributed by atoms with Crippen molar-refractivity contribution in [3.8, 4) is 0 Å². The summed E-state index contributed by atoms with van der Waals surface area (Å²) < 4.78 is 0. The van der Waals surface area contributed by atoms with Gasteiger partial charge in [0.15, 0.2) is 0 Å². The number of hydrogen-bond donors (Lipinski definition) is 2. The Bertz CT molecular complexity index is 593. The molecule has 0 aliphatic carbocycles. The monoisotopic (exact) mass is 270 g/mol. The van der Waals surface area contributed by atoms with Gasteiger partial charge in [0.2, 0.25) is 0 Å². The third-order valence-corrected chi connectivity index (χ3v) is 2.77. The molecule has 0 bridgehead atoms. The lowest BCUT2D eigenvalue weighted by molar-refractivity contribution is 0.262. The molecule has 0 aliphatic heterocycles. The minimum absolute atomic E-state index is 0.305. The molecular weight excluding hydrogens is 252 g/mol. The van der Waals surface area contributed by atoms with Gasteiger partial charge in [0, 0.05) is 31.2 Å². The summed E-state index contributed by atoms with van der Waals surface area (Å²) in [5.41, 5.74) is 2.68. The molecule has 0 radical (unpaired) electrons. The Morgan fingerprint density at radius 2 is 1.75 bits per heavy atom. The van der Waals surface area contributed by atoms with Gasteiger partial charge in [-0.15, -0.1) is 0 Å². The molecule has 2 aromatic rings. The molecule has 0 unspecified atom stereocenters. The van der Waals surface area contributed by atoms with Crippen LogP contribution < -0.4 is 15.5 Å². The fraction of sp³-hybridized carbons (Fsp3) is 0.200. The second-order valence-electron chi connectivity index (χ2n) is 4.68. The number of pyridine rings is 1. The van der Waals surface area contributed by atoms with Gasteiger partial charge < -0.3 is 10.2 Å². The Hall–Kier alpha value is -2.56. The van der Waals surface area contributed by atoms with Crippen LogP contribution in [0.1, 0.15) is 5.69 Å². The number of rotatable bonds is 3. The molecule has 2 N–H and O–H groups in total. The van der Waals surface area contributed by atoms with Crippen LogP contribution in [0.2, 0.25) is 0 Å². The zero-order valence-electron chi connectivity index (χ0n) is 11.8. The lowest BCUT2D eigenvalue weighted by atomic mass is 10.2. The van der Waals surface area contributed by atoms with Crippen LogP contribution >= 0.6 is 0 Å². The molecule has 5 heteroatoms. The molecule has 1 aromatic heterocycles. The third kappa shape index (κ3) is 3.71. The van der Waals surface area contributed by atoms with E-state index >= 15 is 0 Å². The molecule has 20 heavy (non-hydrogen) atoms. The van der Waals surface area contributed by atoms with Crippen LogP contribution in [0, 0.1) is 6.92 Å². The molecule has 0 fully saturated rings. The Morgan fingerprint density at radius 3 is 2.35 bits per heavy atom. The molecule has 5 nitrogen and oxygen atoms in total. The topological polar surface area (TPSA) is 57.3 Å². The van der Waals surface area contributed by atoms with Gasteiger partial charge in [0.25, 0.3) is 0 Å². The summed E-state index contributed by atoms with van der Waals surface area (Å²) in [6.07, 6.45) is 0. The first-order valence-electron chi connectivity index (χ1n) is 6.33. The third-order valence-electron chi connectivity index (χ3n) is 2.77. The lowest BCUT2D eigenvalue weighted by Gasteiger charge is -2.13. The van der Waals surface area contributed by atoms with Crippen LogP contribution in [0.4, 0.5) is 22.0 Å². The maximum atomic E-state index is 11.8. The minimum atomic E-state index is -0.305. The van der Waals surface area contributed by atoms with Crippen molar-refractivity contribution in [2.45, 2.75) is 6.92 Å². The fourth-order valence-corrected chi connectivity index (χ4v) is 1.73. The van der Waals surface area contributed by atoms with Gasteiger partial charge in [-0.2, -0.15) is 0 Å². The van der Waals surface area contributed by atoms with Crippen molar-refractivity contribution in [3.63, 3.8) is 0 Å². The molecule has 0 saturated heterocycles. The Balaban J connectivity index is 1.97. The zero-order chi connectivity index (χ0) is 14.5. The number of urea groups is 1. The summed E-state index contributed by atoms with van der Waals surface area (Å²) in [6, 6.07) is 12.8. The van der Waals surface area contributed by atoms with Gasteiger partial charge in [0.1, 0.15) is 5.82 Å². The highest BCUT2D eigenvalue weighted by molar-refractivity contribution is 5.99. The first-order chi connectivity index (χ1) is 9.54. The number of amides is 2. The second kappa shape index (κ2) is 6.06. The zero-order valence-corrected chi connectivity index (χ0v) is 11.8. The Labute approximate surface area is 118 Å². The molecule has 0 aliphatic rings. The number of nitrogens with one attached hydrogen (secondary N) is 2. The number of carbonyl (C=O) groups is 1. The van der Waals surface area contributed by atoms with E-state index < -0.39 is 0 Å². The van der Waals surface area contributed by atoms with E-state index in [9.17, 15) is 4.79 Å². The van der Waals surface area contributed by atoms with Crippen molar-refractivity contribution in [2.75, 3.05) is 29.6 Å². The van der Waals surface area contributed by atoms with E-state index in [4.69, 9.17) is 0 Å². The Morgan fingerprint density at radius 1 is 1.05 bits per heavy atom. The molecule has 0 saturated carbocycles. The van der Waals surface area contributed by atoms with Crippen LogP contribution in [0.15, 0.2) is 42.5 Å². The van der Waals surface area contributed by atoms with E-state index in [0.29, 0.717) is 5.82 Å². The largest absolute Gasteiger partial charge is 0.378 e. The van der Waals surface area contributed by atoms with E-state index in [1.54, 1.807) is 6.07 Å². The standard InChI is InChI=1S/C15H18N4O/c1-11-5-4-6-14(16-11)18-15(20)17-12-7-9-13(10-8-12)19(2)3/h4-10H,1-3H3,(H2,16,17,18,20). The quantitative estimate of drug-likeness (QED) is 0.901. The smallest absolute Gasteiger partial charge is 0.324 e. The van der Waals surface area contributed by atoms with Gasteiger partial charge in [0.05, 0.1) is 0 Å². The van der Waals surface area contributed by atoms with Crippen molar-refractivity contribution in [1.29, 1.82) is 0 Å². The molecule has 2 amide bonds. The van der Waals surface area contributed by atoms with Crippen LogP contribution in [0.3, 0.4) is 0 Å². The summed E-state index contributed by atoms with van der Waals surface area (Å²) in [5, 5.41) is 5.46. The molecule has 0 atom stereocenters. The minimum Gasteiger partial charge on any atom is -0.378 e. The van der Waals surface area contributed by atoms with Crippen LogP contribution in [-0.2, 0) is 0 Å². The predicted molar refractivity (Wildman–Crippen MR) is 82.4 cm³/mol. The molecule has 104 valence electrons. The lowest BCUT2D eigenvalue weighted by Crippen LogP contribution is -2.20. The van der Waals surface area contributed by atoms with Gasteiger partial charge in [-0.3, -0.25) is 5.32 Å². The number of carbonyl (C=O) groups excluding carboxylic acids is 1. The molecule has 2 rings (SSSR count). The van der Waals surface area contributed by atoms with Crippen molar-refractivity contribution in [1.82, 2.24) is 4.98 Å². The van der Waals surface area contributed by atoms with Gasteiger partial charge in [-0.05, 0) is 43.3 Å². The highest BCUT2D eigenvalue weighted by atomic mass is 16.2. The van der Waals surface area contributed by atoms with Crippen molar-refractivity contribution < 1.29 is 4.79 Å². The van der Waals surface area contributed by atoms with Crippen LogP contribution in [-0.4, -0.2) is 25.1 Å². The first kappa shape index (κ1) is 13.9. The number of nitrogens with zero attached hydrogens (tertiary/aromatic N) is 2. The summed E-state index contributed by atoms with van der Waals surface area (Å²) in [6.45, 7) is 1.88. The first-order valence-corrected chi connectivity index (χ1v) is 6.33. The van der Waals surface area contributed by atoms with Gasteiger partial charge in [-0.25, -0.2) is 9.78 Å². The predicted octanol–water partition coefficient (Wildman–Crippen LogP) is 3.10. The number of hydrogen-bond acceptors (Lipinski definition) is 3. The number of benzene rings is 1. The molecule has 0 spiro atoms. The van der Waals surface area contributed by atoms with E-state index in [1.165, 1.54) is 0 Å². The SMILES string of the molecule is Cc1cccc(NC(=O)Nc2ccc(N(C)C)cc2)n1. The average molecular weight is 270 g/mol. The van der Waals surface area contributed by atoms with Gasteiger partial charge >= 0.3 is 6.03 Å². The fourth-order valence-electron chi connectivity index (χ4n) is 1.73. The van der Waals surface area contributed by atoms with Crippen LogP contribution in [0.25, 0.3) is 0 Å². The highest BCUT2D eigenvalue weighted by Crippen LogP contribution is 2.15. The maximum Gasteiger partial charge on any atom is 0.324 e. The maximum absolute atomic E-state index is 11.8. The van der Waals surface area contributed by atoms with E-state index in [2.05, 4.69) is 15.6 Å². The van der Waals surface area contributed by atoms with E-state index in [-0.39, 0.29) is 6.03 Å². The summed E-state index contributed by atoms with van der Waals surface area (Å²) >= 11 is 0. The molecule has 1 aromatic carbocycles. The second-order valence-corrected chi connectivity index (χ2v) is 4.68. The van der Waals surface area contributed by atoms with Crippen molar-refractivity contribution in [3.05, 3.63) is 48.2 Å². The summed E-state index contributed by atoms with van der Waals surface area (Å²) in [4.78, 5) is 18.1. The average Bonchev–Trinajstić information content (AvgIpc) is 2.39. The summed E-state index contributed by atoms with van der Waals surface area (Å²) in [7, 11) is 3.94.